The minimum Gasteiger partial charge on any atom is -0.197 e. The van der Waals surface area contributed by atoms with Crippen LogP contribution in [0.15, 0.2) is 30.3 Å². The average molecular weight is 250 g/mol. The van der Waals surface area contributed by atoms with Crippen LogP contribution in [0.1, 0.15) is 43.6 Å². The van der Waals surface area contributed by atoms with E-state index in [1.807, 2.05) is 18.2 Å². The molecule has 0 unspecified atom stereocenters. The van der Waals surface area contributed by atoms with Gasteiger partial charge in [-0.25, -0.2) is 0 Å². The molecular weight excluding hydrogens is 232 g/mol. The lowest BCUT2D eigenvalue weighted by Crippen LogP contribution is -2.36. The molecule has 2 aliphatic carbocycles. The fourth-order valence-electron chi connectivity index (χ4n) is 4.13. The van der Waals surface area contributed by atoms with E-state index in [-0.39, 0.29) is 5.92 Å². The second-order valence-electron chi connectivity index (χ2n) is 6.05. The number of hydrogen-bond donors (Lipinski definition) is 0. The van der Waals surface area contributed by atoms with Crippen molar-refractivity contribution in [3.8, 4) is 12.1 Å². The van der Waals surface area contributed by atoms with Crippen LogP contribution >= 0.6 is 0 Å². The quantitative estimate of drug-likeness (QED) is 0.756. The molecule has 2 fully saturated rings. The first kappa shape index (κ1) is 12.2. The topological polar surface area (TPSA) is 47.6 Å². The second kappa shape index (κ2) is 4.71. The molecular formula is C17H18N2. The average Bonchev–Trinajstić information content (AvgIpc) is 2.93. The second-order valence-corrected chi connectivity index (χ2v) is 6.05. The van der Waals surface area contributed by atoms with Gasteiger partial charge >= 0.3 is 0 Å². The first-order chi connectivity index (χ1) is 9.29. The van der Waals surface area contributed by atoms with Gasteiger partial charge in [-0.05, 0) is 30.2 Å². The van der Waals surface area contributed by atoms with Crippen molar-refractivity contribution in [2.75, 3.05) is 0 Å². The zero-order valence-corrected chi connectivity index (χ0v) is 11.0. The Morgan fingerprint density at radius 1 is 1.00 bits per heavy atom. The van der Waals surface area contributed by atoms with Crippen LogP contribution in [-0.2, 0) is 0 Å². The Morgan fingerprint density at radius 2 is 1.68 bits per heavy atom. The van der Waals surface area contributed by atoms with Crippen molar-refractivity contribution in [3.63, 3.8) is 0 Å². The predicted molar refractivity (Wildman–Crippen MR) is 72.9 cm³/mol. The molecule has 2 heteroatoms. The van der Waals surface area contributed by atoms with Crippen LogP contribution in [0.5, 0.6) is 0 Å². The highest BCUT2D eigenvalue weighted by Crippen LogP contribution is 2.55. The number of nitriles is 2. The highest BCUT2D eigenvalue weighted by molar-refractivity contribution is 5.32. The lowest BCUT2D eigenvalue weighted by atomic mass is 9.59. The lowest BCUT2D eigenvalue weighted by molar-refractivity contribution is 0.166. The smallest absolute Gasteiger partial charge is 0.150 e. The Kier molecular flexibility index (Phi) is 3.03. The van der Waals surface area contributed by atoms with Gasteiger partial charge < -0.3 is 0 Å². The van der Waals surface area contributed by atoms with Crippen molar-refractivity contribution in [2.45, 2.75) is 38.0 Å². The fraction of sp³-hybridized carbons (Fsp3) is 0.529. The van der Waals surface area contributed by atoms with Crippen molar-refractivity contribution in [1.29, 1.82) is 10.5 Å². The molecule has 0 aliphatic heterocycles. The van der Waals surface area contributed by atoms with Gasteiger partial charge in [0.2, 0.25) is 0 Å². The summed E-state index contributed by atoms with van der Waals surface area (Å²) in [5.41, 5.74) is 0.350. The van der Waals surface area contributed by atoms with Crippen molar-refractivity contribution >= 4 is 0 Å². The standard InChI is InChI=1S/C17H18N2/c18-11-17(12-19)10-15-8-4-7-14(15)9-16(17)13-5-2-1-3-6-13/h1-3,5-6,14-16H,4,7-10H2/t14-,15-,16-/m1/s1. The molecule has 0 spiro atoms. The van der Waals surface area contributed by atoms with Crippen LogP contribution in [0.4, 0.5) is 0 Å². The van der Waals surface area contributed by atoms with E-state index in [1.54, 1.807) is 0 Å². The van der Waals surface area contributed by atoms with Gasteiger partial charge in [0.15, 0.2) is 5.41 Å². The Morgan fingerprint density at radius 3 is 2.37 bits per heavy atom. The van der Waals surface area contributed by atoms with Crippen LogP contribution in [0.2, 0.25) is 0 Å². The van der Waals surface area contributed by atoms with Crippen LogP contribution in [0.25, 0.3) is 0 Å². The molecule has 2 aliphatic rings. The summed E-state index contributed by atoms with van der Waals surface area (Å²) in [6.45, 7) is 0. The fourth-order valence-corrected chi connectivity index (χ4v) is 4.13. The van der Waals surface area contributed by atoms with Gasteiger partial charge in [-0.1, -0.05) is 49.6 Å². The van der Waals surface area contributed by atoms with Gasteiger partial charge in [0.25, 0.3) is 0 Å². The molecule has 96 valence electrons. The summed E-state index contributed by atoms with van der Waals surface area (Å²) in [6.07, 6.45) is 5.53. The molecule has 3 rings (SSSR count). The third kappa shape index (κ3) is 1.92. The molecule has 0 bridgehead atoms. The van der Waals surface area contributed by atoms with Crippen LogP contribution in [-0.4, -0.2) is 0 Å². The normalized spacial score (nSPS) is 32.0. The summed E-state index contributed by atoms with van der Waals surface area (Å²) in [4.78, 5) is 0. The summed E-state index contributed by atoms with van der Waals surface area (Å²) >= 11 is 0. The van der Waals surface area contributed by atoms with Crippen LogP contribution in [0, 0.1) is 39.9 Å². The highest BCUT2D eigenvalue weighted by Gasteiger charge is 2.50. The summed E-state index contributed by atoms with van der Waals surface area (Å²) in [7, 11) is 0. The number of fused-ring (bicyclic) bond motifs is 1. The van der Waals surface area contributed by atoms with E-state index in [0.717, 1.165) is 24.3 Å². The molecule has 0 radical (unpaired) electrons. The van der Waals surface area contributed by atoms with E-state index in [0.29, 0.717) is 5.92 Å². The van der Waals surface area contributed by atoms with Crippen molar-refractivity contribution < 1.29 is 0 Å². The molecule has 19 heavy (non-hydrogen) atoms. The maximum atomic E-state index is 9.62. The largest absolute Gasteiger partial charge is 0.197 e. The van der Waals surface area contributed by atoms with E-state index in [1.165, 1.54) is 19.3 Å². The predicted octanol–water partition coefficient (Wildman–Crippen LogP) is 4.01. The van der Waals surface area contributed by atoms with Gasteiger partial charge in [0.1, 0.15) is 0 Å². The third-order valence-corrected chi connectivity index (χ3v) is 5.13. The summed E-state index contributed by atoms with van der Waals surface area (Å²) in [5.74, 6) is 1.40. The Balaban J connectivity index is 2.00. The molecule has 1 aromatic rings. The zero-order chi connectivity index (χ0) is 13.3. The first-order valence-corrected chi connectivity index (χ1v) is 7.16. The molecule has 1 aromatic carbocycles. The number of nitrogens with zero attached hydrogens (tertiary/aromatic N) is 2. The van der Waals surface area contributed by atoms with Crippen LogP contribution in [0.3, 0.4) is 0 Å². The zero-order valence-electron chi connectivity index (χ0n) is 11.0. The summed E-state index contributed by atoms with van der Waals surface area (Å²) in [5, 5.41) is 19.2. The van der Waals surface area contributed by atoms with E-state index in [9.17, 15) is 10.5 Å². The van der Waals surface area contributed by atoms with Crippen LogP contribution < -0.4 is 0 Å². The minimum atomic E-state index is -0.813. The van der Waals surface area contributed by atoms with Crippen molar-refractivity contribution in [2.24, 2.45) is 17.3 Å². The van der Waals surface area contributed by atoms with E-state index in [4.69, 9.17) is 0 Å². The molecule has 0 N–H and O–H groups in total. The summed E-state index contributed by atoms with van der Waals surface area (Å²) in [6, 6.07) is 14.9. The van der Waals surface area contributed by atoms with E-state index in [2.05, 4.69) is 24.3 Å². The monoisotopic (exact) mass is 250 g/mol. The number of benzene rings is 1. The van der Waals surface area contributed by atoms with Gasteiger partial charge in [-0.2, -0.15) is 10.5 Å². The highest BCUT2D eigenvalue weighted by atomic mass is 14.5. The molecule has 0 amide bonds. The lowest BCUT2D eigenvalue weighted by Gasteiger charge is -2.40. The SMILES string of the molecule is N#CC1(C#N)C[C@H]2CCC[C@@H]2C[C@@H]1c1ccccc1. The minimum absolute atomic E-state index is 0.0862. The van der Waals surface area contributed by atoms with Crippen molar-refractivity contribution in [1.82, 2.24) is 0 Å². The van der Waals surface area contributed by atoms with Crippen molar-refractivity contribution in [3.05, 3.63) is 35.9 Å². The number of hydrogen-bond acceptors (Lipinski definition) is 2. The molecule has 3 atom stereocenters. The molecule has 2 saturated carbocycles. The maximum absolute atomic E-state index is 9.62. The Labute approximate surface area is 114 Å². The number of rotatable bonds is 1. The molecule has 0 aromatic heterocycles. The summed E-state index contributed by atoms with van der Waals surface area (Å²) < 4.78 is 0. The van der Waals surface area contributed by atoms with Gasteiger partial charge in [-0.3, -0.25) is 0 Å². The van der Waals surface area contributed by atoms with E-state index < -0.39 is 5.41 Å². The molecule has 0 saturated heterocycles. The van der Waals surface area contributed by atoms with Gasteiger partial charge in [-0.15, -0.1) is 0 Å². The Bertz CT molecular complexity index is 521. The van der Waals surface area contributed by atoms with Gasteiger partial charge in [0.05, 0.1) is 12.1 Å². The first-order valence-electron chi connectivity index (χ1n) is 7.16. The third-order valence-electron chi connectivity index (χ3n) is 5.13. The molecule has 0 heterocycles. The maximum Gasteiger partial charge on any atom is 0.150 e. The van der Waals surface area contributed by atoms with E-state index >= 15 is 0 Å². The molecule has 2 nitrogen and oxygen atoms in total. The Hall–Kier alpha value is -1.80. The van der Waals surface area contributed by atoms with Gasteiger partial charge in [0, 0.05) is 5.92 Å².